The van der Waals surface area contributed by atoms with Crippen molar-refractivity contribution < 1.29 is 18.0 Å². The van der Waals surface area contributed by atoms with Gasteiger partial charge in [0.05, 0.1) is 16.3 Å². The first-order chi connectivity index (χ1) is 13.2. The van der Waals surface area contributed by atoms with Crippen LogP contribution in [0.25, 0.3) is 5.65 Å². The van der Waals surface area contributed by atoms with Crippen LogP contribution in [0.2, 0.25) is 5.02 Å². The van der Waals surface area contributed by atoms with Crippen LogP contribution in [0.15, 0.2) is 36.5 Å². The Balaban J connectivity index is 1.93. The minimum Gasteiger partial charge on any atom is -0.321 e. The lowest BCUT2D eigenvalue weighted by molar-refractivity contribution is -0.137. The number of anilines is 1. The van der Waals surface area contributed by atoms with Gasteiger partial charge in [0.1, 0.15) is 5.69 Å². The van der Waals surface area contributed by atoms with Gasteiger partial charge >= 0.3 is 6.18 Å². The molecule has 0 saturated heterocycles. The number of unbranched alkanes of at least 4 members (excludes halogenated alkanes) is 1. The summed E-state index contributed by atoms with van der Waals surface area (Å²) in [4.78, 5) is 16.9. The summed E-state index contributed by atoms with van der Waals surface area (Å²) in [5.74, 6) is -0.554. The molecule has 148 valence electrons. The van der Waals surface area contributed by atoms with Gasteiger partial charge in [0, 0.05) is 11.9 Å². The molecule has 4 nitrogen and oxygen atoms in total. The highest BCUT2D eigenvalue weighted by molar-refractivity contribution is 6.33. The van der Waals surface area contributed by atoms with Crippen LogP contribution in [0, 0.1) is 6.92 Å². The molecule has 1 aromatic carbocycles. The second-order valence-corrected chi connectivity index (χ2v) is 6.98. The number of aryl methyl sites for hydroxylation is 2. The predicted molar refractivity (Wildman–Crippen MR) is 103 cm³/mol. The van der Waals surface area contributed by atoms with Crippen molar-refractivity contribution in [2.75, 3.05) is 5.32 Å². The van der Waals surface area contributed by atoms with Gasteiger partial charge in [0.25, 0.3) is 5.91 Å². The van der Waals surface area contributed by atoms with E-state index in [9.17, 15) is 18.0 Å². The maximum absolute atomic E-state index is 13.1. The van der Waals surface area contributed by atoms with Crippen molar-refractivity contribution in [3.05, 3.63) is 64.1 Å². The second kappa shape index (κ2) is 7.83. The van der Waals surface area contributed by atoms with Crippen molar-refractivity contribution in [1.82, 2.24) is 9.38 Å². The molecule has 8 heteroatoms. The Morgan fingerprint density at radius 3 is 2.54 bits per heavy atom. The highest BCUT2D eigenvalue weighted by atomic mass is 35.5. The topological polar surface area (TPSA) is 46.4 Å². The monoisotopic (exact) mass is 409 g/mol. The molecule has 3 aromatic rings. The summed E-state index contributed by atoms with van der Waals surface area (Å²) in [6.45, 7) is 3.67. The molecule has 0 unspecified atom stereocenters. The minimum absolute atomic E-state index is 0.0121. The van der Waals surface area contributed by atoms with Gasteiger partial charge in [-0.05, 0) is 43.5 Å². The van der Waals surface area contributed by atoms with Crippen LogP contribution in [-0.2, 0) is 12.6 Å². The Labute approximate surface area is 165 Å². The van der Waals surface area contributed by atoms with E-state index in [1.165, 1.54) is 0 Å². The largest absolute Gasteiger partial charge is 0.417 e. The molecular weight excluding hydrogens is 391 g/mol. The van der Waals surface area contributed by atoms with Crippen molar-refractivity contribution in [3.8, 4) is 0 Å². The van der Waals surface area contributed by atoms with Crippen LogP contribution in [-0.4, -0.2) is 15.3 Å². The maximum atomic E-state index is 13.1. The van der Waals surface area contributed by atoms with Crippen molar-refractivity contribution in [2.45, 2.75) is 39.3 Å². The molecule has 0 radical (unpaired) electrons. The van der Waals surface area contributed by atoms with Crippen molar-refractivity contribution in [2.24, 2.45) is 0 Å². The molecular formula is C20H19ClF3N3O. The van der Waals surface area contributed by atoms with Crippen molar-refractivity contribution >= 4 is 28.8 Å². The molecule has 0 saturated carbocycles. The third-order valence-electron chi connectivity index (χ3n) is 4.42. The number of aromatic nitrogens is 2. The number of fused-ring (bicyclic) bond motifs is 1. The van der Waals surface area contributed by atoms with E-state index in [0.717, 1.165) is 41.5 Å². The number of alkyl halides is 3. The standard InChI is InChI=1S/C20H19ClF3N3O/c1-3-4-5-13-6-8-15(9-7-13)26-19(28)17-12(2)25-18-16(21)10-14(11-27(17)18)20(22,23)24/h6-11H,3-5H2,1-2H3,(H,26,28). The number of halogens is 4. The van der Waals surface area contributed by atoms with Crippen molar-refractivity contribution in [3.63, 3.8) is 0 Å². The van der Waals surface area contributed by atoms with E-state index in [4.69, 9.17) is 11.6 Å². The van der Waals surface area contributed by atoms with E-state index < -0.39 is 17.6 Å². The average molecular weight is 410 g/mol. The van der Waals surface area contributed by atoms with E-state index in [1.807, 2.05) is 12.1 Å². The number of hydrogen-bond acceptors (Lipinski definition) is 2. The number of carbonyl (C=O) groups is 1. The zero-order valence-corrected chi connectivity index (χ0v) is 16.2. The van der Waals surface area contributed by atoms with Crippen molar-refractivity contribution in [1.29, 1.82) is 0 Å². The Kier molecular flexibility index (Phi) is 5.65. The van der Waals surface area contributed by atoms with E-state index in [2.05, 4.69) is 17.2 Å². The Hall–Kier alpha value is -2.54. The fourth-order valence-electron chi connectivity index (χ4n) is 2.97. The fraction of sp³-hybridized carbons (Fsp3) is 0.300. The number of imidazole rings is 1. The zero-order valence-electron chi connectivity index (χ0n) is 15.4. The van der Waals surface area contributed by atoms with Gasteiger partial charge in [-0.3, -0.25) is 9.20 Å². The molecule has 0 fully saturated rings. The van der Waals surface area contributed by atoms with E-state index in [1.54, 1.807) is 19.1 Å². The van der Waals surface area contributed by atoms with Crippen LogP contribution in [0.1, 0.15) is 47.1 Å². The highest BCUT2D eigenvalue weighted by Gasteiger charge is 2.32. The molecule has 28 heavy (non-hydrogen) atoms. The smallest absolute Gasteiger partial charge is 0.321 e. The molecule has 3 rings (SSSR count). The normalized spacial score (nSPS) is 11.8. The second-order valence-electron chi connectivity index (χ2n) is 6.57. The lowest BCUT2D eigenvalue weighted by atomic mass is 10.1. The van der Waals surface area contributed by atoms with Crippen LogP contribution < -0.4 is 5.32 Å². The quantitative estimate of drug-likeness (QED) is 0.569. The number of benzene rings is 1. The Bertz CT molecular complexity index is 1010. The SMILES string of the molecule is CCCCc1ccc(NC(=O)c2c(C)nc3c(Cl)cc(C(F)(F)F)cn23)cc1. The molecule has 0 bridgehead atoms. The lowest BCUT2D eigenvalue weighted by Crippen LogP contribution is -2.16. The maximum Gasteiger partial charge on any atom is 0.417 e. The molecule has 2 aromatic heterocycles. The molecule has 0 aliphatic carbocycles. The first kappa shape index (κ1) is 20.2. The molecule has 1 amide bonds. The third kappa shape index (κ3) is 4.14. The number of carbonyl (C=O) groups excluding carboxylic acids is 1. The van der Waals surface area contributed by atoms with Gasteiger partial charge in [0.15, 0.2) is 5.65 Å². The third-order valence-corrected chi connectivity index (χ3v) is 4.70. The number of nitrogens with zero attached hydrogens (tertiary/aromatic N) is 2. The van der Waals surface area contributed by atoms with E-state index in [-0.39, 0.29) is 16.4 Å². The summed E-state index contributed by atoms with van der Waals surface area (Å²) < 4.78 is 40.4. The summed E-state index contributed by atoms with van der Waals surface area (Å²) >= 11 is 5.96. The first-order valence-electron chi connectivity index (χ1n) is 8.86. The van der Waals surface area contributed by atoms with Crippen LogP contribution in [0.3, 0.4) is 0 Å². The van der Waals surface area contributed by atoms with E-state index >= 15 is 0 Å². The van der Waals surface area contributed by atoms with Gasteiger partial charge in [-0.25, -0.2) is 4.98 Å². The first-order valence-corrected chi connectivity index (χ1v) is 9.24. The predicted octanol–water partition coefficient (Wildman–Crippen LogP) is 5.91. The van der Waals surface area contributed by atoms with Crippen LogP contribution >= 0.6 is 11.6 Å². The molecule has 1 N–H and O–H groups in total. The summed E-state index contributed by atoms with van der Waals surface area (Å²) in [5.41, 5.74) is 1.17. The van der Waals surface area contributed by atoms with E-state index in [0.29, 0.717) is 11.4 Å². The average Bonchev–Trinajstić information content (AvgIpc) is 2.97. The molecule has 2 heterocycles. The number of amides is 1. The highest BCUT2D eigenvalue weighted by Crippen LogP contribution is 2.33. The summed E-state index contributed by atoms with van der Waals surface area (Å²) in [5, 5.41) is 2.54. The number of hydrogen-bond donors (Lipinski definition) is 1. The van der Waals surface area contributed by atoms with Gasteiger partial charge in [-0.2, -0.15) is 13.2 Å². The summed E-state index contributed by atoms with van der Waals surface area (Å²) in [6, 6.07) is 8.20. The Morgan fingerprint density at radius 1 is 1.25 bits per heavy atom. The molecule has 0 aliphatic heterocycles. The molecule has 0 atom stereocenters. The number of pyridine rings is 1. The summed E-state index contributed by atoms with van der Waals surface area (Å²) in [6.07, 6.45) is -0.624. The fourth-order valence-corrected chi connectivity index (χ4v) is 3.22. The Morgan fingerprint density at radius 2 is 1.93 bits per heavy atom. The van der Waals surface area contributed by atoms with Gasteiger partial charge in [0.2, 0.25) is 0 Å². The van der Waals surface area contributed by atoms with Crippen LogP contribution in [0.5, 0.6) is 0 Å². The molecule has 0 spiro atoms. The van der Waals surface area contributed by atoms with Gasteiger partial charge < -0.3 is 5.32 Å². The van der Waals surface area contributed by atoms with Gasteiger partial charge in [-0.1, -0.05) is 37.1 Å². The minimum atomic E-state index is -4.59. The molecule has 0 aliphatic rings. The number of nitrogens with one attached hydrogen (secondary N) is 1. The number of rotatable bonds is 5. The van der Waals surface area contributed by atoms with Crippen LogP contribution in [0.4, 0.5) is 18.9 Å². The zero-order chi connectivity index (χ0) is 20.5. The lowest BCUT2D eigenvalue weighted by Gasteiger charge is -2.10. The summed E-state index contributed by atoms with van der Waals surface area (Å²) in [7, 11) is 0. The van der Waals surface area contributed by atoms with Gasteiger partial charge in [-0.15, -0.1) is 0 Å².